The van der Waals surface area contributed by atoms with Crippen LogP contribution in [-0.4, -0.2) is 70.9 Å². The summed E-state index contributed by atoms with van der Waals surface area (Å²) in [5.74, 6) is -1.21. The molecule has 0 rings (SSSR count). The van der Waals surface area contributed by atoms with Crippen molar-refractivity contribution in [1.82, 2.24) is 0 Å². The van der Waals surface area contributed by atoms with Gasteiger partial charge in [0.25, 0.3) is 0 Å². The standard InChI is InChI=1S/C45H86O9/c1-33(46)16-22-40(4,5)30-43(10,11)25-19-37(49)52-28-36(54-39(51)21-27-45(14,15)32-42(8,9)24-18-35(3)48)29-53-38(50)20-26-44(12,13)31-41(6,7)23-17-34(2)47/h33-36,46-48H,16-32H2,1-15H3. The van der Waals surface area contributed by atoms with E-state index in [4.69, 9.17) is 14.2 Å². The molecule has 0 spiro atoms. The number of esters is 3. The molecule has 0 aliphatic heterocycles. The summed E-state index contributed by atoms with van der Waals surface area (Å²) in [6.45, 7) is 31.0. The van der Waals surface area contributed by atoms with Gasteiger partial charge in [0.1, 0.15) is 13.2 Å². The summed E-state index contributed by atoms with van der Waals surface area (Å²) >= 11 is 0. The Balaban J connectivity index is 5.46. The van der Waals surface area contributed by atoms with E-state index in [9.17, 15) is 29.7 Å². The molecular weight excluding hydrogens is 684 g/mol. The quantitative estimate of drug-likeness (QED) is 0.0501. The first-order valence-corrected chi connectivity index (χ1v) is 20.9. The third kappa shape index (κ3) is 27.8. The van der Waals surface area contributed by atoms with Gasteiger partial charge in [0.05, 0.1) is 18.3 Å². The second-order valence-corrected chi connectivity index (χ2v) is 21.7. The SMILES string of the molecule is CC(O)CCC(C)(C)CC(C)(C)CCC(=O)OCC(COC(=O)CCC(C)(C)CC(C)(C)CCC(C)O)OC(=O)CCC(C)(C)CC(C)(C)CCC(C)O. The fourth-order valence-corrected chi connectivity index (χ4v) is 8.41. The maximum atomic E-state index is 13.2. The summed E-state index contributed by atoms with van der Waals surface area (Å²) in [6.07, 6.45) is 7.99. The van der Waals surface area contributed by atoms with Gasteiger partial charge < -0.3 is 29.5 Å². The minimum atomic E-state index is -0.921. The molecule has 0 saturated heterocycles. The fourth-order valence-electron chi connectivity index (χ4n) is 8.41. The molecule has 0 aromatic rings. The Morgan fingerprint density at radius 1 is 0.426 bits per heavy atom. The maximum absolute atomic E-state index is 13.2. The molecule has 0 bridgehead atoms. The third-order valence-electron chi connectivity index (χ3n) is 10.8. The van der Waals surface area contributed by atoms with Crippen LogP contribution >= 0.6 is 0 Å². The normalized spacial score (nSPS) is 15.7. The van der Waals surface area contributed by atoms with Gasteiger partial charge in [-0.15, -0.1) is 0 Å². The average Bonchev–Trinajstić information content (AvgIpc) is 2.99. The van der Waals surface area contributed by atoms with Gasteiger partial charge in [-0.2, -0.15) is 0 Å². The van der Waals surface area contributed by atoms with Gasteiger partial charge in [-0.05, 0) is 130 Å². The Bertz CT molecular complexity index is 1040. The molecule has 0 heterocycles. The zero-order valence-corrected chi connectivity index (χ0v) is 37.6. The molecule has 0 aliphatic carbocycles. The zero-order chi connectivity index (χ0) is 42.2. The topological polar surface area (TPSA) is 140 Å². The Morgan fingerprint density at radius 2 is 0.667 bits per heavy atom. The predicted octanol–water partition coefficient (Wildman–Crippen LogP) is 10.1. The molecule has 0 aromatic carbocycles. The predicted molar refractivity (Wildman–Crippen MR) is 219 cm³/mol. The van der Waals surface area contributed by atoms with Crippen LogP contribution in [0, 0.1) is 32.5 Å². The number of aliphatic hydroxyl groups is 3. The van der Waals surface area contributed by atoms with E-state index >= 15 is 0 Å². The van der Waals surface area contributed by atoms with E-state index in [1.54, 1.807) is 20.8 Å². The van der Waals surface area contributed by atoms with Gasteiger partial charge >= 0.3 is 17.9 Å². The highest BCUT2D eigenvalue weighted by Gasteiger charge is 2.33. The minimum Gasteiger partial charge on any atom is -0.462 e. The van der Waals surface area contributed by atoms with Gasteiger partial charge in [-0.25, -0.2) is 0 Å². The number of carbonyl (C=O) groups excluding carboxylic acids is 3. The molecule has 9 nitrogen and oxygen atoms in total. The van der Waals surface area contributed by atoms with Crippen LogP contribution < -0.4 is 0 Å². The molecule has 3 N–H and O–H groups in total. The van der Waals surface area contributed by atoms with Gasteiger partial charge in [-0.1, -0.05) is 83.1 Å². The number of carbonyl (C=O) groups is 3. The number of hydrogen-bond acceptors (Lipinski definition) is 9. The highest BCUT2D eigenvalue weighted by molar-refractivity contribution is 5.71. The Labute approximate surface area is 331 Å². The number of hydrogen-bond donors (Lipinski definition) is 3. The lowest BCUT2D eigenvalue weighted by molar-refractivity contribution is -0.167. The minimum absolute atomic E-state index is 0.0000256. The van der Waals surface area contributed by atoms with Crippen molar-refractivity contribution in [3.8, 4) is 0 Å². The molecule has 3 unspecified atom stereocenters. The summed E-state index contributed by atoms with van der Waals surface area (Å²) in [5.41, 5.74) is -0.369. The molecule has 0 aromatic heterocycles. The van der Waals surface area contributed by atoms with E-state index in [1.807, 2.05) is 0 Å². The van der Waals surface area contributed by atoms with Crippen molar-refractivity contribution in [2.75, 3.05) is 13.2 Å². The van der Waals surface area contributed by atoms with Crippen LogP contribution in [0.1, 0.15) is 200 Å². The van der Waals surface area contributed by atoms with E-state index in [2.05, 4.69) is 83.1 Å². The first-order valence-electron chi connectivity index (χ1n) is 20.9. The lowest BCUT2D eigenvalue weighted by Gasteiger charge is -2.35. The molecule has 9 heteroatoms. The summed E-state index contributed by atoms with van der Waals surface area (Å²) in [7, 11) is 0. The number of aliphatic hydroxyl groups excluding tert-OH is 3. The molecular formula is C45H86O9. The Kier molecular flexibility index (Phi) is 22.2. The van der Waals surface area contributed by atoms with Crippen molar-refractivity contribution >= 4 is 17.9 Å². The van der Waals surface area contributed by atoms with Crippen molar-refractivity contribution in [3.05, 3.63) is 0 Å². The molecule has 0 aliphatic rings. The van der Waals surface area contributed by atoms with Crippen LogP contribution in [-0.2, 0) is 28.6 Å². The van der Waals surface area contributed by atoms with Crippen molar-refractivity contribution in [1.29, 1.82) is 0 Å². The summed E-state index contributed by atoms with van der Waals surface area (Å²) in [6, 6.07) is 0. The molecule has 0 saturated carbocycles. The van der Waals surface area contributed by atoms with E-state index < -0.39 is 24.0 Å². The Hall–Kier alpha value is -1.71. The molecule has 0 amide bonds. The summed E-state index contributed by atoms with van der Waals surface area (Å²) < 4.78 is 17.1. The van der Waals surface area contributed by atoms with Gasteiger partial charge in [0.2, 0.25) is 0 Å². The van der Waals surface area contributed by atoms with Crippen LogP contribution in [0.15, 0.2) is 0 Å². The summed E-state index contributed by atoms with van der Waals surface area (Å²) in [4.78, 5) is 39.1. The molecule has 54 heavy (non-hydrogen) atoms. The third-order valence-corrected chi connectivity index (χ3v) is 10.8. The monoisotopic (exact) mass is 771 g/mol. The second-order valence-electron chi connectivity index (χ2n) is 21.7. The Morgan fingerprint density at radius 3 is 0.926 bits per heavy atom. The number of rotatable bonds is 29. The van der Waals surface area contributed by atoms with Gasteiger partial charge in [0.15, 0.2) is 6.10 Å². The van der Waals surface area contributed by atoms with Gasteiger partial charge in [-0.3, -0.25) is 14.4 Å². The first kappa shape index (κ1) is 52.3. The zero-order valence-electron chi connectivity index (χ0n) is 37.6. The van der Waals surface area contributed by atoms with Crippen molar-refractivity contribution in [2.45, 2.75) is 225 Å². The first-order chi connectivity index (χ1) is 24.3. The fraction of sp³-hybridized carbons (Fsp3) is 0.933. The number of ether oxygens (including phenoxy) is 3. The average molecular weight is 771 g/mol. The summed E-state index contributed by atoms with van der Waals surface area (Å²) in [5, 5.41) is 29.3. The van der Waals surface area contributed by atoms with E-state index in [0.29, 0.717) is 19.3 Å². The van der Waals surface area contributed by atoms with Crippen molar-refractivity contribution < 1.29 is 43.9 Å². The van der Waals surface area contributed by atoms with Crippen molar-refractivity contribution in [3.63, 3.8) is 0 Å². The maximum Gasteiger partial charge on any atom is 0.306 e. The smallest absolute Gasteiger partial charge is 0.306 e. The highest BCUT2D eigenvalue weighted by atomic mass is 16.6. The van der Waals surface area contributed by atoms with Crippen LogP contribution in [0.5, 0.6) is 0 Å². The van der Waals surface area contributed by atoms with Crippen LogP contribution in [0.25, 0.3) is 0 Å². The van der Waals surface area contributed by atoms with Crippen LogP contribution in [0.3, 0.4) is 0 Å². The van der Waals surface area contributed by atoms with Gasteiger partial charge in [0, 0.05) is 19.3 Å². The van der Waals surface area contributed by atoms with Crippen LogP contribution in [0.2, 0.25) is 0 Å². The van der Waals surface area contributed by atoms with E-state index in [1.165, 1.54) is 0 Å². The van der Waals surface area contributed by atoms with Crippen LogP contribution in [0.4, 0.5) is 0 Å². The molecule has 0 radical (unpaired) electrons. The second kappa shape index (κ2) is 22.9. The highest BCUT2D eigenvalue weighted by Crippen LogP contribution is 2.42. The lowest BCUT2D eigenvalue weighted by Crippen LogP contribution is -2.32. The molecule has 3 atom stereocenters. The van der Waals surface area contributed by atoms with E-state index in [0.717, 1.165) is 57.8 Å². The molecule has 320 valence electrons. The molecule has 0 fully saturated rings. The van der Waals surface area contributed by atoms with Crippen molar-refractivity contribution in [2.24, 2.45) is 32.5 Å². The largest absolute Gasteiger partial charge is 0.462 e. The van der Waals surface area contributed by atoms with E-state index in [-0.39, 0.29) is 83.3 Å². The lowest BCUT2D eigenvalue weighted by atomic mass is 9.70.